The van der Waals surface area contributed by atoms with Gasteiger partial charge in [0.15, 0.2) is 5.82 Å². The summed E-state index contributed by atoms with van der Waals surface area (Å²) in [6.07, 6.45) is 4.91. The topological polar surface area (TPSA) is 105 Å². The quantitative estimate of drug-likeness (QED) is 0.258. The molecule has 2 aromatic carbocycles. The Morgan fingerprint density at radius 2 is 1.77 bits per heavy atom. The standard InChI is InChI=1S/C37H42FN7O3/c1-19(2)43-18-40-31-15-29(41-34(33(31)43)42-30-14-26(35(46)39-6)20(3)9-28(30)38)21-7-8-27-32(10-21)45(36(47)37(27,4)5)23-11-22(12-23)44-24-13-25(44)17-48-16-24/h7-10,14-15,18-19,22-25H,11-13,16-17H2,1-6H3,(H,39,46)(H,41,42). The molecule has 8 rings (SSSR count). The number of pyridine rings is 1. The van der Waals surface area contributed by atoms with Gasteiger partial charge in [-0.05, 0) is 89.3 Å². The van der Waals surface area contributed by atoms with Crippen LogP contribution in [-0.4, -0.2) is 75.7 Å². The summed E-state index contributed by atoms with van der Waals surface area (Å²) in [5, 5.41) is 5.84. The van der Waals surface area contributed by atoms with E-state index >= 15 is 4.39 Å². The van der Waals surface area contributed by atoms with Crippen molar-refractivity contribution in [3.05, 3.63) is 65.2 Å². The van der Waals surface area contributed by atoms with Crippen molar-refractivity contribution in [1.29, 1.82) is 0 Å². The highest BCUT2D eigenvalue weighted by Gasteiger charge is 2.54. The fraction of sp³-hybridized carbons (Fsp3) is 0.459. The largest absolute Gasteiger partial charge is 0.378 e. The summed E-state index contributed by atoms with van der Waals surface area (Å²) < 4.78 is 23.1. The molecule has 11 heteroatoms. The van der Waals surface area contributed by atoms with Crippen LogP contribution in [0, 0.1) is 12.7 Å². The number of nitrogens with one attached hydrogen (secondary N) is 2. The second kappa shape index (κ2) is 11.1. The molecule has 2 N–H and O–H groups in total. The van der Waals surface area contributed by atoms with Gasteiger partial charge in [-0.1, -0.05) is 12.1 Å². The number of anilines is 3. The number of halogens is 1. The lowest BCUT2D eigenvalue weighted by Crippen LogP contribution is -2.70. The van der Waals surface area contributed by atoms with Crippen LogP contribution in [0.15, 0.2) is 42.7 Å². The first-order valence-corrected chi connectivity index (χ1v) is 17.0. The van der Waals surface area contributed by atoms with Gasteiger partial charge in [-0.25, -0.2) is 14.4 Å². The van der Waals surface area contributed by atoms with E-state index in [1.54, 1.807) is 20.3 Å². The van der Waals surface area contributed by atoms with E-state index < -0.39 is 11.2 Å². The summed E-state index contributed by atoms with van der Waals surface area (Å²) in [6, 6.07) is 12.7. The van der Waals surface area contributed by atoms with Gasteiger partial charge in [-0.2, -0.15) is 0 Å². The van der Waals surface area contributed by atoms with Gasteiger partial charge in [0.1, 0.15) is 11.3 Å². The highest BCUT2D eigenvalue weighted by molar-refractivity contribution is 6.09. The van der Waals surface area contributed by atoms with Crippen LogP contribution in [0.3, 0.4) is 0 Å². The zero-order chi connectivity index (χ0) is 33.6. The monoisotopic (exact) mass is 651 g/mol. The van der Waals surface area contributed by atoms with Crippen molar-refractivity contribution in [1.82, 2.24) is 24.8 Å². The third kappa shape index (κ3) is 4.65. The van der Waals surface area contributed by atoms with Crippen LogP contribution in [0.25, 0.3) is 22.3 Å². The minimum absolute atomic E-state index is 0.0731. The van der Waals surface area contributed by atoms with E-state index in [-0.39, 0.29) is 29.6 Å². The Balaban J connectivity index is 1.17. The van der Waals surface area contributed by atoms with Gasteiger partial charge >= 0.3 is 0 Å². The average molecular weight is 652 g/mol. The number of imidazole rings is 1. The number of aromatic nitrogens is 3. The molecule has 10 nitrogen and oxygen atoms in total. The number of hydrogen-bond acceptors (Lipinski definition) is 7. The van der Waals surface area contributed by atoms with Crippen molar-refractivity contribution in [2.45, 2.75) is 89.5 Å². The normalized spacial score (nSPS) is 24.4. The molecule has 2 amide bonds. The van der Waals surface area contributed by atoms with Crippen LogP contribution in [-0.2, 0) is 14.9 Å². The molecule has 2 saturated heterocycles. The SMILES string of the molecule is CNC(=O)c1cc(Nc2nc(-c3ccc4c(c3)N(C3CC(N5C6COCC5C6)C3)C(=O)C4(C)C)cc3ncn(C(C)C)c23)c(F)cc1C. The Hall–Kier alpha value is -4.35. The summed E-state index contributed by atoms with van der Waals surface area (Å²) in [6.45, 7) is 11.5. The van der Waals surface area contributed by atoms with Gasteiger partial charge in [0, 0.05) is 54.1 Å². The number of fused-ring (bicyclic) bond motifs is 4. The number of ether oxygens (including phenoxy) is 1. The first-order chi connectivity index (χ1) is 23.0. The highest BCUT2D eigenvalue weighted by Crippen LogP contribution is 2.49. The van der Waals surface area contributed by atoms with Crippen molar-refractivity contribution in [3.8, 4) is 11.3 Å². The maximum atomic E-state index is 15.4. The number of benzene rings is 2. The van der Waals surface area contributed by atoms with E-state index in [1.807, 2.05) is 35.4 Å². The molecule has 0 radical (unpaired) electrons. The van der Waals surface area contributed by atoms with Gasteiger partial charge in [0.2, 0.25) is 5.91 Å². The molecule has 1 aliphatic carbocycles. The van der Waals surface area contributed by atoms with Gasteiger partial charge in [-0.3, -0.25) is 14.5 Å². The van der Waals surface area contributed by atoms with Gasteiger partial charge in [0.25, 0.3) is 5.91 Å². The van der Waals surface area contributed by atoms with E-state index in [4.69, 9.17) is 14.7 Å². The number of amides is 2. The fourth-order valence-electron chi connectivity index (χ4n) is 8.24. The number of carbonyl (C=O) groups excluding carboxylic acids is 2. The summed E-state index contributed by atoms with van der Waals surface area (Å²) >= 11 is 0. The lowest BCUT2D eigenvalue weighted by molar-refractivity contribution is -0.161. The van der Waals surface area contributed by atoms with Crippen molar-refractivity contribution in [2.24, 2.45) is 0 Å². The maximum Gasteiger partial charge on any atom is 0.251 e. The average Bonchev–Trinajstić information content (AvgIpc) is 3.56. The van der Waals surface area contributed by atoms with Crippen LogP contribution in [0.2, 0.25) is 0 Å². The van der Waals surface area contributed by atoms with Gasteiger partial charge < -0.3 is 24.8 Å². The Bertz CT molecular complexity index is 1970. The number of rotatable bonds is 7. The molecule has 1 saturated carbocycles. The fourth-order valence-corrected chi connectivity index (χ4v) is 8.24. The molecule has 48 heavy (non-hydrogen) atoms. The minimum Gasteiger partial charge on any atom is -0.378 e. The number of morpholine rings is 1. The smallest absolute Gasteiger partial charge is 0.251 e. The zero-order valence-electron chi connectivity index (χ0n) is 28.3. The molecule has 0 spiro atoms. The molecule has 250 valence electrons. The van der Waals surface area contributed by atoms with Crippen LogP contribution >= 0.6 is 0 Å². The van der Waals surface area contributed by atoms with Crippen LogP contribution in [0.5, 0.6) is 0 Å². The molecule has 3 fully saturated rings. The Morgan fingerprint density at radius 3 is 2.46 bits per heavy atom. The molecule has 3 aliphatic heterocycles. The predicted octanol–water partition coefficient (Wildman–Crippen LogP) is 5.86. The molecule has 5 heterocycles. The Labute approximate surface area is 279 Å². The predicted molar refractivity (Wildman–Crippen MR) is 183 cm³/mol. The third-order valence-electron chi connectivity index (χ3n) is 11.0. The first kappa shape index (κ1) is 31.0. The number of hydrogen-bond donors (Lipinski definition) is 2. The maximum absolute atomic E-state index is 15.4. The van der Waals surface area contributed by atoms with Crippen LogP contribution < -0.4 is 15.5 Å². The summed E-state index contributed by atoms with van der Waals surface area (Å²) in [5.41, 5.74) is 5.30. The third-order valence-corrected chi connectivity index (χ3v) is 11.0. The number of carbonyl (C=O) groups is 2. The van der Waals surface area contributed by atoms with Crippen molar-refractivity contribution in [3.63, 3.8) is 0 Å². The first-order valence-electron chi connectivity index (χ1n) is 17.0. The van der Waals surface area contributed by atoms with E-state index in [1.165, 1.54) is 18.6 Å². The van der Waals surface area contributed by atoms with Crippen molar-refractivity contribution in [2.75, 3.05) is 30.5 Å². The second-order valence-electron chi connectivity index (χ2n) is 14.7. The van der Waals surface area contributed by atoms with Crippen LogP contribution in [0.1, 0.15) is 74.5 Å². The molecule has 4 aliphatic rings. The van der Waals surface area contributed by atoms with E-state index in [2.05, 4.69) is 41.5 Å². The van der Waals surface area contributed by atoms with E-state index in [9.17, 15) is 9.59 Å². The number of nitrogens with zero attached hydrogens (tertiary/aromatic N) is 5. The molecule has 2 atom stereocenters. The Kier molecular flexibility index (Phi) is 7.16. The lowest BCUT2D eigenvalue weighted by atomic mass is 9.77. The Morgan fingerprint density at radius 1 is 1.04 bits per heavy atom. The van der Waals surface area contributed by atoms with Crippen molar-refractivity contribution < 1.29 is 18.7 Å². The molecule has 2 bridgehead atoms. The van der Waals surface area contributed by atoms with E-state index in [0.29, 0.717) is 46.3 Å². The summed E-state index contributed by atoms with van der Waals surface area (Å²) in [4.78, 5) is 40.9. The van der Waals surface area contributed by atoms with Crippen molar-refractivity contribution >= 4 is 40.0 Å². The number of aryl methyl sites for hydroxylation is 1. The van der Waals surface area contributed by atoms with Gasteiger partial charge in [0.05, 0.1) is 41.9 Å². The molecule has 2 unspecified atom stereocenters. The van der Waals surface area contributed by atoms with Gasteiger partial charge in [-0.15, -0.1) is 0 Å². The highest BCUT2D eigenvalue weighted by atomic mass is 19.1. The molecule has 4 aromatic rings. The summed E-state index contributed by atoms with van der Waals surface area (Å²) in [7, 11) is 1.55. The summed E-state index contributed by atoms with van der Waals surface area (Å²) in [5.74, 6) is -0.222. The molecular weight excluding hydrogens is 609 g/mol. The van der Waals surface area contributed by atoms with E-state index in [0.717, 1.165) is 48.4 Å². The minimum atomic E-state index is -0.633. The zero-order valence-corrected chi connectivity index (χ0v) is 28.3. The second-order valence-corrected chi connectivity index (χ2v) is 14.7. The molecule has 2 aromatic heterocycles. The lowest BCUT2D eigenvalue weighted by Gasteiger charge is -2.60. The molecular formula is C37H42FN7O3. The van der Waals surface area contributed by atoms with Crippen LogP contribution in [0.4, 0.5) is 21.6 Å².